The SMILES string of the molecule is CC(C)(C(=O)NCCCN1CCN(c2ccccc2)CC1)c1ccc(Cl)cc1. The van der Waals surface area contributed by atoms with Gasteiger partial charge < -0.3 is 10.2 Å². The maximum absolute atomic E-state index is 12.6. The molecule has 3 rings (SSSR count). The van der Waals surface area contributed by atoms with E-state index in [0.717, 1.165) is 44.7 Å². The van der Waals surface area contributed by atoms with Crippen LogP contribution in [0, 0.1) is 0 Å². The van der Waals surface area contributed by atoms with Crippen molar-refractivity contribution in [2.24, 2.45) is 0 Å². The summed E-state index contributed by atoms with van der Waals surface area (Å²) in [4.78, 5) is 17.6. The van der Waals surface area contributed by atoms with Gasteiger partial charge in [0.2, 0.25) is 5.91 Å². The average molecular weight is 400 g/mol. The molecule has 0 radical (unpaired) electrons. The number of amides is 1. The van der Waals surface area contributed by atoms with Crippen molar-refractivity contribution in [2.45, 2.75) is 25.7 Å². The first-order valence-corrected chi connectivity index (χ1v) is 10.4. The van der Waals surface area contributed by atoms with Crippen LogP contribution in [-0.2, 0) is 10.2 Å². The topological polar surface area (TPSA) is 35.6 Å². The van der Waals surface area contributed by atoms with E-state index in [1.54, 1.807) is 0 Å². The normalized spacial score (nSPS) is 15.5. The monoisotopic (exact) mass is 399 g/mol. The van der Waals surface area contributed by atoms with Crippen molar-refractivity contribution in [3.63, 3.8) is 0 Å². The quantitative estimate of drug-likeness (QED) is 0.716. The standard InChI is InChI=1S/C23H30ClN3O/c1-23(2,19-9-11-20(24)12-10-19)22(28)25-13-6-14-26-15-17-27(18-16-26)21-7-4-3-5-8-21/h3-5,7-12H,6,13-18H2,1-2H3,(H,25,28). The third-order valence-corrected chi connectivity index (χ3v) is 5.82. The zero-order valence-electron chi connectivity index (χ0n) is 16.8. The molecule has 1 N–H and O–H groups in total. The van der Waals surface area contributed by atoms with E-state index in [1.165, 1.54) is 5.69 Å². The predicted octanol–water partition coefficient (Wildman–Crippen LogP) is 3.95. The maximum atomic E-state index is 12.6. The molecule has 2 aromatic rings. The number of anilines is 1. The Balaban J connectivity index is 1.38. The Morgan fingerprint density at radius 1 is 1.00 bits per heavy atom. The lowest BCUT2D eigenvalue weighted by molar-refractivity contribution is -0.125. The fraction of sp³-hybridized carbons (Fsp3) is 0.435. The van der Waals surface area contributed by atoms with Crippen LogP contribution in [0.5, 0.6) is 0 Å². The number of carbonyl (C=O) groups is 1. The molecule has 0 saturated carbocycles. The molecular formula is C23H30ClN3O. The Bertz CT molecular complexity index is 753. The molecule has 1 aliphatic rings. The van der Waals surface area contributed by atoms with Crippen LogP contribution in [0.3, 0.4) is 0 Å². The van der Waals surface area contributed by atoms with Crippen LogP contribution >= 0.6 is 11.6 Å². The first-order chi connectivity index (χ1) is 13.5. The van der Waals surface area contributed by atoms with Crippen LogP contribution in [0.4, 0.5) is 5.69 Å². The van der Waals surface area contributed by atoms with Crippen molar-refractivity contribution in [3.05, 3.63) is 65.2 Å². The molecular weight excluding hydrogens is 370 g/mol. The van der Waals surface area contributed by atoms with Gasteiger partial charge in [-0.25, -0.2) is 0 Å². The van der Waals surface area contributed by atoms with E-state index in [1.807, 2.05) is 38.1 Å². The molecule has 1 saturated heterocycles. The lowest BCUT2D eigenvalue weighted by Gasteiger charge is -2.36. The number of benzene rings is 2. The molecule has 1 aliphatic heterocycles. The molecule has 150 valence electrons. The van der Waals surface area contributed by atoms with Gasteiger partial charge in [0.25, 0.3) is 0 Å². The van der Waals surface area contributed by atoms with E-state index in [0.29, 0.717) is 11.6 Å². The highest BCUT2D eigenvalue weighted by Crippen LogP contribution is 2.24. The van der Waals surface area contributed by atoms with Crippen molar-refractivity contribution in [1.29, 1.82) is 0 Å². The van der Waals surface area contributed by atoms with E-state index in [-0.39, 0.29) is 5.91 Å². The van der Waals surface area contributed by atoms with Crippen LogP contribution in [-0.4, -0.2) is 50.1 Å². The van der Waals surface area contributed by atoms with Crippen LogP contribution in [0.25, 0.3) is 0 Å². The minimum atomic E-state index is -0.564. The lowest BCUT2D eigenvalue weighted by Crippen LogP contribution is -2.47. The average Bonchev–Trinajstić information content (AvgIpc) is 2.72. The second-order valence-corrected chi connectivity index (χ2v) is 8.34. The van der Waals surface area contributed by atoms with Gasteiger partial charge in [-0.3, -0.25) is 9.69 Å². The number of halogens is 1. The molecule has 0 atom stereocenters. The van der Waals surface area contributed by atoms with Gasteiger partial charge in [-0.15, -0.1) is 0 Å². The number of carbonyl (C=O) groups excluding carboxylic acids is 1. The summed E-state index contributed by atoms with van der Waals surface area (Å²) in [5.41, 5.74) is 1.72. The second-order valence-electron chi connectivity index (χ2n) is 7.91. The van der Waals surface area contributed by atoms with Gasteiger partial charge in [0, 0.05) is 43.4 Å². The largest absolute Gasteiger partial charge is 0.369 e. The number of rotatable bonds is 7. The van der Waals surface area contributed by atoms with Crippen molar-refractivity contribution in [1.82, 2.24) is 10.2 Å². The Morgan fingerprint density at radius 3 is 2.29 bits per heavy atom. The smallest absolute Gasteiger partial charge is 0.230 e. The summed E-state index contributed by atoms with van der Waals surface area (Å²) in [6.45, 7) is 9.87. The summed E-state index contributed by atoms with van der Waals surface area (Å²) in [5.74, 6) is 0.0590. The first-order valence-electron chi connectivity index (χ1n) is 10.0. The highest BCUT2D eigenvalue weighted by Gasteiger charge is 2.29. The van der Waals surface area contributed by atoms with Crippen LogP contribution in [0.15, 0.2) is 54.6 Å². The van der Waals surface area contributed by atoms with Gasteiger partial charge in [-0.1, -0.05) is 41.9 Å². The zero-order chi connectivity index (χ0) is 20.0. The van der Waals surface area contributed by atoms with Crippen LogP contribution in [0.1, 0.15) is 25.8 Å². The Kier molecular flexibility index (Phi) is 6.97. The molecule has 1 fully saturated rings. The highest BCUT2D eigenvalue weighted by atomic mass is 35.5. The molecule has 28 heavy (non-hydrogen) atoms. The third kappa shape index (κ3) is 5.27. The molecule has 0 aromatic heterocycles. The van der Waals surface area contributed by atoms with E-state index < -0.39 is 5.41 Å². The molecule has 1 heterocycles. The predicted molar refractivity (Wildman–Crippen MR) is 117 cm³/mol. The molecule has 5 heteroatoms. The molecule has 0 spiro atoms. The van der Waals surface area contributed by atoms with E-state index >= 15 is 0 Å². The summed E-state index contributed by atoms with van der Waals surface area (Å²) in [6, 6.07) is 18.1. The van der Waals surface area contributed by atoms with Crippen molar-refractivity contribution in [3.8, 4) is 0 Å². The van der Waals surface area contributed by atoms with E-state index in [9.17, 15) is 4.79 Å². The molecule has 0 unspecified atom stereocenters. The molecule has 0 bridgehead atoms. The van der Waals surface area contributed by atoms with E-state index in [2.05, 4.69) is 45.4 Å². The Morgan fingerprint density at radius 2 is 1.64 bits per heavy atom. The number of hydrogen-bond donors (Lipinski definition) is 1. The Hall–Kier alpha value is -2.04. The van der Waals surface area contributed by atoms with Crippen LogP contribution in [0.2, 0.25) is 5.02 Å². The summed E-state index contributed by atoms with van der Waals surface area (Å²) in [7, 11) is 0. The number of piperazine rings is 1. The number of hydrogen-bond acceptors (Lipinski definition) is 3. The summed E-state index contributed by atoms with van der Waals surface area (Å²) in [5, 5.41) is 3.79. The van der Waals surface area contributed by atoms with Crippen molar-refractivity contribution < 1.29 is 4.79 Å². The van der Waals surface area contributed by atoms with Crippen LogP contribution < -0.4 is 10.2 Å². The Labute approximate surface area is 173 Å². The number of nitrogens with zero attached hydrogens (tertiary/aromatic N) is 2. The fourth-order valence-electron chi connectivity index (χ4n) is 3.59. The van der Waals surface area contributed by atoms with Gasteiger partial charge in [0.1, 0.15) is 0 Å². The lowest BCUT2D eigenvalue weighted by atomic mass is 9.84. The van der Waals surface area contributed by atoms with Gasteiger partial charge in [0.15, 0.2) is 0 Å². The fourth-order valence-corrected chi connectivity index (χ4v) is 3.72. The minimum Gasteiger partial charge on any atom is -0.369 e. The van der Waals surface area contributed by atoms with Gasteiger partial charge in [-0.2, -0.15) is 0 Å². The second kappa shape index (κ2) is 9.44. The highest BCUT2D eigenvalue weighted by molar-refractivity contribution is 6.30. The summed E-state index contributed by atoms with van der Waals surface area (Å²) in [6.07, 6.45) is 0.966. The summed E-state index contributed by atoms with van der Waals surface area (Å²) >= 11 is 5.95. The van der Waals surface area contributed by atoms with Gasteiger partial charge in [0.05, 0.1) is 5.41 Å². The zero-order valence-corrected chi connectivity index (χ0v) is 17.6. The first kappa shape index (κ1) is 20.7. The molecule has 4 nitrogen and oxygen atoms in total. The molecule has 1 amide bonds. The number of nitrogens with one attached hydrogen (secondary N) is 1. The molecule has 2 aromatic carbocycles. The van der Waals surface area contributed by atoms with E-state index in [4.69, 9.17) is 11.6 Å². The maximum Gasteiger partial charge on any atom is 0.230 e. The third-order valence-electron chi connectivity index (χ3n) is 5.56. The minimum absolute atomic E-state index is 0.0590. The van der Waals surface area contributed by atoms with Gasteiger partial charge >= 0.3 is 0 Å². The molecule has 0 aliphatic carbocycles. The van der Waals surface area contributed by atoms with Crippen molar-refractivity contribution in [2.75, 3.05) is 44.2 Å². The summed E-state index contributed by atoms with van der Waals surface area (Å²) < 4.78 is 0. The number of para-hydroxylation sites is 1. The van der Waals surface area contributed by atoms with Gasteiger partial charge in [-0.05, 0) is 56.6 Å². The van der Waals surface area contributed by atoms with Crippen molar-refractivity contribution >= 4 is 23.2 Å².